The first-order valence-electron chi connectivity index (χ1n) is 9.79. The van der Waals surface area contributed by atoms with Gasteiger partial charge in [0.05, 0.1) is 11.6 Å². The molecular formula is C24H18N4O3. The SMILES string of the molecule is O=C1C(=O)N(Cc2ccncc2)C(c2cccnc2)/C1=C(/O)c1c[nH]c2ccccc12. The molecule has 0 radical (unpaired) electrons. The number of aliphatic hydroxyl groups excluding tert-OH is 1. The highest BCUT2D eigenvalue weighted by Gasteiger charge is 2.46. The van der Waals surface area contributed by atoms with Gasteiger partial charge in [0.25, 0.3) is 11.7 Å². The Morgan fingerprint density at radius 2 is 1.81 bits per heavy atom. The number of H-pyrrole nitrogens is 1. The molecule has 31 heavy (non-hydrogen) atoms. The van der Waals surface area contributed by atoms with E-state index in [1.165, 1.54) is 4.90 Å². The van der Waals surface area contributed by atoms with Crippen LogP contribution in [-0.2, 0) is 16.1 Å². The van der Waals surface area contributed by atoms with E-state index in [1.54, 1.807) is 55.2 Å². The molecule has 1 fully saturated rings. The number of ketones is 1. The molecular weight excluding hydrogens is 392 g/mol. The van der Waals surface area contributed by atoms with Crippen molar-refractivity contribution in [1.29, 1.82) is 0 Å². The van der Waals surface area contributed by atoms with Crippen LogP contribution < -0.4 is 0 Å². The van der Waals surface area contributed by atoms with Gasteiger partial charge in [0.1, 0.15) is 5.76 Å². The van der Waals surface area contributed by atoms with Crippen molar-refractivity contribution in [3.63, 3.8) is 0 Å². The third-order valence-corrected chi connectivity index (χ3v) is 5.49. The summed E-state index contributed by atoms with van der Waals surface area (Å²) in [6.45, 7) is 0.206. The lowest BCUT2D eigenvalue weighted by Gasteiger charge is -2.25. The summed E-state index contributed by atoms with van der Waals surface area (Å²) in [5, 5.41) is 12.0. The lowest BCUT2D eigenvalue weighted by atomic mass is 9.96. The predicted octanol–water partition coefficient (Wildman–Crippen LogP) is 3.58. The van der Waals surface area contributed by atoms with Crippen molar-refractivity contribution in [3.05, 3.63) is 102 Å². The number of carbonyl (C=O) groups excluding carboxylic acids is 2. The minimum atomic E-state index is -0.754. The highest BCUT2D eigenvalue weighted by molar-refractivity contribution is 6.46. The monoisotopic (exact) mass is 410 g/mol. The zero-order valence-corrected chi connectivity index (χ0v) is 16.4. The van der Waals surface area contributed by atoms with E-state index >= 15 is 0 Å². The molecule has 3 aromatic heterocycles. The third-order valence-electron chi connectivity index (χ3n) is 5.49. The van der Waals surface area contributed by atoms with Crippen LogP contribution in [-0.4, -0.2) is 36.6 Å². The van der Waals surface area contributed by atoms with E-state index in [1.807, 2.05) is 24.3 Å². The molecule has 1 saturated heterocycles. The van der Waals surface area contributed by atoms with Crippen molar-refractivity contribution < 1.29 is 14.7 Å². The molecule has 4 aromatic rings. The van der Waals surface area contributed by atoms with Gasteiger partial charge in [0.15, 0.2) is 0 Å². The van der Waals surface area contributed by atoms with Crippen molar-refractivity contribution >= 4 is 28.4 Å². The van der Waals surface area contributed by atoms with Gasteiger partial charge in [-0.25, -0.2) is 0 Å². The van der Waals surface area contributed by atoms with Crippen molar-refractivity contribution in [2.45, 2.75) is 12.6 Å². The number of rotatable bonds is 4. The highest BCUT2D eigenvalue weighted by Crippen LogP contribution is 2.41. The Morgan fingerprint density at radius 3 is 2.58 bits per heavy atom. The van der Waals surface area contributed by atoms with E-state index < -0.39 is 17.7 Å². The number of aromatic amines is 1. The molecule has 0 saturated carbocycles. The standard InChI is InChI=1S/C24H18N4O3/c29-22(18-13-27-19-6-2-1-5-17(18)19)20-21(16-4-3-9-26-12-16)28(24(31)23(20)30)14-15-7-10-25-11-8-15/h1-13,21,27,29H,14H2/b22-20-. The molecule has 1 aliphatic heterocycles. The average molecular weight is 410 g/mol. The number of pyridine rings is 2. The second-order valence-corrected chi connectivity index (χ2v) is 7.32. The number of para-hydroxylation sites is 1. The highest BCUT2D eigenvalue weighted by atomic mass is 16.3. The Bertz CT molecular complexity index is 1310. The number of hydrogen-bond donors (Lipinski definition) is 2. The minimum absolute atomic E-state index is 0.0526. The largest absolute Gasteiger partial charge is 0.507 e. The maximum atomic E-state index is 13.1. The van der Waals surface area contributed by atoms with E-state index in [9.17, 15) is 14.7 Å². The van der Waals surface area contributed by atoms with Gasteiger partial charge in [-0.15, -0.1) is 0 Å². The number of fused-ring (bicyclic) bond motifs is 1. The van der Waals surface area contributed by atoms with E-state index in [0.717, 1.165) is 16.5 Å². The Morgan fingerprint density at radius 1 is 1.00 bits per heavy atom. The van der Waals surface area contributed by atoms with Gasteiger partial charge >= 0.3 is 0 Å². The zero-order valence-electron chi connectivity index (χ0n) is 16.4. The summed E-state index contributed by atoms with van der Waals surface area (Å²) in [6, 6.07) is 13.8. The lowest BCUT2D eigenvalue weighted by molar-refractivity contribution is -0.140. The topological polar surface area (TPSA) is 99.2 Å². The predicted molar refractivity (Wildman–Crippen MR) is 115 cm³/mol. The summed E-state index contributed by atoms with van der Waals surface area (Å²) in [4.78, 5) is 38.9. The Labute approximate surface area is 177 Å². The molecule has 7 nitrogen and oxygen atoms in total. The number of amides is 1. The lowest BCUT2D eigenvalue weighted by Crippen LogP contribution is -2.29. The van der Waals surface area contributed by atoms with Gasteiger partial charge in [-0.3, -0.25) is 19.6 Å². The fourth-order valence-electron chi connectivity index (χ4n) is 4.02. The van der Waals surface area contributed by atoms with Gasteiger partial charge in [0, 0.05) is 54.0 Å². The molecule has 1 unspecified atom stereocenters. The summed E-state index contributed by atoms with van der Waals surface area (Å²) in [7, 11) is 0. The number of Topliss-reactive ketones (excluding diaryl/α,β-unsaturated/α-hetero) is 1. The maximum absolute atomic E-state index is 13.1. The second-order valence-electron chi connectivity index (χ2n) is 7.32. The molecule has 0 aliphatic carbocycles. The molecule has 1 aromatic carbocycles. The molecule has 4 heterocycles. The average Bonchev–Trinajstić information content (AvgIpc) is 3.35. The summed E-state index contributed by atoms with van der Waals surface area (Å²) in [5.41, 5.74) is 2.84. The number of likely N-dealkylation sites (tertiary alicyclic amines) is 1. The molecule has 1 aliphatic rings. The van der Waals surface area contributed by atoms with E-state index in [4.69, 9.17) is 0 Å². The molecule has 1 atom stereocenters. The number of hydrogen-bond acceptors (Lipinski definition) is 5. The molecule has 152 valence electrons. The van der Waals surface area contributed by atoms with E-state index in [-0.39, 0.29) is 17.9 Å². The number of aromatic nitrogens is 3. The van der Waals surface area contributed by atoms with Crippen molar-refractivity contribution in [2.75, 3.05) is 0 Å². The molecule has 0 spiro atoms. The molecule has 7 heteroatoms. The Balaban J connectivity index is 1.68. The van der Waals surface area contributed by atoms with Gasteiger partial charge < -0.3 is 15.0 Å². The number of aliphatic hydroxyl groups is 1. The van der Waals surface area contributed by atoms with Crippen LogP contribution in [0, 0.1) is 0 Å². The summed E-state index contributed by atoms with van der Waals surface area (Å²) in [5.74, 6) is -1.58. The van der Waals surface area contributed by atoms with Crippen LogP contribution in [0.15, 0.2) is 85.1 Å². The van der Waals surface area contributed by atoms with Crippen LogP contribution in [0.4, 0.5) is 0 Å². The van der Waals surface area contributed by atoms with Crippen molar-refractivity contribution in [3.8, 4) is 0 Å². The van der Waals surface area contributed by atoms with E-state index in [0.29, 0.717) is 11.1 Å². The molecule has 0 bridgehead atoms. The van der Waals surface area contributed by atoms with Crippen molar-refractivity contribution in [2.24, 2.45) is 0 Å². The molecule has 2 N–H and O–H groups in total. The third kappa shape index (κ3) is 3.16. The van der Waals surface area contributed by atoms with Crippen LogP contribution in [0.5, 0.6) is 0 Å². The first-order valence-corrected chi connectivity index (χ1v) is 9.79. The first kappa shape index (κ1) is 18.7. The van der Waals surface area contributed by atoms with Gasteiger partial charge in [-0.05, 0) is 35.4 Å². The van der Waals surface area contributed by atoms with Crippen LogP contribution in [0.2, 0.25) is 0 Å². The minimum Gasteiger partial charge on any atom is -0.507 e. The fraction of sp³-hybridized carbons (Fsp3) is 0.0833. The van der Waals surface area contributed by atoms with E-state index in [2.05, 4.69) is 15.0 Å². The zero-order chi connectivity index (χ0) is 21.4. The molecule has 1 amide bonds. The van der Waals surface area contributed by atoms with Gasteiger partial charge in [-0.1, -0.05) is 24.3 Å². The fourth-order valence-corrected chi connectivity index (χ4v) is 4.02. The number of nitrogens with zero attached hydrogens (tertiary/aromatic N) is 3. The normalized spacial score (nSPS) is 18.1. The Kier molecular flexibility index (Phi) is 4.55. The van der Waals surface area contributed by atoms with Crippen LogP contribution in [0.3, 0.4) is 0 Å². The first-order chi connectivity index (χ1) is 15.1. The maximum Gasteiger partial charge on any atom is 0.295 e. The van der Waals surface area contributed by atoms with Crippen LogP contribution in [0.25, 0.3) is 16.7 Å². The number of nitrogens with one attached hydrogen (secondary N) is 1. The summed E-state index contributed by atoms with van der Waals surface area (Å²) in [6.07, 6.45) is 8.15. The Hall–Kier alpha value is -4.26. The van der Waals surface area contributed by atoms with Crippen LogP contribution in [0.1, 0.15) is 22.7 Å². The summed E-state index contributed by atoms with van der Waals surface area (Å²) >= 11 is 0. The summed E-state index contributed by atoms with van der Waals surface area (Å²) < 4.78 is 0. The number of carbonyl (C=O) groups is 2. The van der Waals surface area contributed by atoms with Crippen LogP contribution >= 0.6 is 0 Å². The van der Waals surface area contributed by atoms with Gasteiger partial charge in [0.2, 0.25) is 0 Å². The molecule has 5 rings (SSSR count). The smallest absolute Gasteiger partial charge is 0.295 e. The van der Waals surface area contributed by atoms with Crippen molar-refractivity contribution in [1.82, 2.24) is 19.9 Å². The number of benzene rings is 1. The second kappa shape index (κ2) is 7.53. The quantitative estimate of drug-likeness (QED) is 0.304. The van der Waals surface area contributed by atoms with Gasteiger partial charge in [-0.2, -0.15) is 0 Å².